The van der Waals surface area contributed by atoms with Crippen LogP contribution in [0.15, 0.2) is 0 Å². The molecule has 42 heavy (non-hydrogen) atoms. The number of hydrogen-bond acceptors (Lipinski definition) is 17. The Labute approximate surface area is 236 Å². The summed E-state index contributed by atoms with van der Waals surface area (Å²) in [4.78, 5) is 48.9. The number of aliphatic hydroxyl groups excluding tert-OH is 9. The number of aliphatic carboxylic acids is 1. The van der Waals surface area contributed by atoms with Gasteiger partial charge < -0.3 is 81.0 Å². The number of rotatable bonds is 12. The zero-order chi connectivity index (χ0) is 32.2. The third-order valence-corrected chi connectivity index (χ3v) is 6.74. The fourth-order valence-electron chi connectivity index (χ4n) is 4.59. The maximum absolute atomic E-state index is 13.2. The van der Waals surface area contributed by atoms with Crippen LogP contribution in [0.1, 0.15) is 19.8 Å². The maximum atomic E-state index is 13.2. The topological polar surface area (TPSA) is 343 Å². The number of carboxylic acid groups (broad SMARTS) is 1. The molecule has 0 bridgehead atoms. The van der Waals surface area contributed by atoms with Crippen molar-refractivity contribution in [3.8, 4) is 0 Å². The molecule has 2 aliphatic rings. The molecule has 12 atom stereocenters. The molecule has 0 unspecified atom stereocenters. The third-order valence-electron chi connectivity index (χ3n) is 6.74. The van der Waals surface area contributed by atoms with E-state index in [1.165, 1.54) is 0 Å². The van der Waals surface area contributed by atoms with Crippen molar-refractivity contribution < 1.29 is 89.6 Å². The van der Waals surface area contributed by atoms with Gasteiger partial charge in [-0.2, -0.15) is 0 Å². The number of hydrogen-bond donors (Lipinski definition) is 13. The molecule has 13 N–H and O–H groups in total. The van der Waals surface area contributed by atoms with Gasteiger partial charge in [-0.3, -0.25) is 9.59 Å². The Morgan fingerprint density at radius 1 is 0.857 bits per heavy atom. The summed E-state index contributed by atoms with van der Waals surface area (Å²) in [7, 11) is 0. The monoisotopic (exact) mass is 616 g/mol. The lowest BCUT2D eigenvalue weighted by molar-refractivity contribution is -0.332. The summed E-state index contributed by atoms with van der Waals surface area (Å²) in [5.41, 5.74) is 0. The Bertz CT molecular complexity index is 985. The summed E-state index contributed by atoms with van der Waals surface area (Å²) in [5, 5.41) is 114. The summed E-state index contributed by atoms with van der Waals surface area (Å²) < 4.78 is 15.3. The molecule has 2 fully saturated rings. The fraction of sp³-hybridized carbons (Fsp3) is 0.818. The minimum absolute atomic E-state index is 0.797. The first-order valence-corrected chi connectivity index (χ1v) is 12.5. The first-order chi connectivity index (χ1) is 19.5. The quantitative estimate of drug-likeness (QED) is 0.0905. The van der Waals surface area contributed by atoms with Crippen LogP contribution in [-0.2, 0) is 33.4 Å². The van der Waals surface area contributed by atoms with E-state index in [9.17, 15) is 70.2 Å². The van der Waals surface area contributed by atoms with Crippen LogP contribution in [0.5, 0.6) is 0 Å². The lowest BCUT2D eigenvalue weighted by Crippen LogP contribution is -2.70. The largest absolute Gasteiger partial charge is 0.476 e. The molecule has 2 aliphatic heterocycles. The van der Waals surface area contributed by atoms with Gasteiger partial charge in [0.15, 0.2) is 0 Å². The summed E-state index contributed by atoms with van der Waals surface area (Å²) in [6, 6.07) is -3.33. The number of aliphatic hydroxyl groups is 10. The van der Waals surface area contributed by atoms with Crippen molar-refractivity contribution >= 4 is 23.8 Å². The highest BCUT2D eigenvalue weighted by molar-refractivity contribution is 5.84. The second-order valence-electron chi connectivity index (χ2n) is 9.90. The first-order valence-electron chi connectivity index (χ1n) is 12.5. The van der Waals surface area contributed by atoms with Crippen molar-refractivity contribution in [2.24, 2.45) is 0 Å². The summed E-state index contributed by atoms with van der Waals surface area (Å²) in [5.74, 6) is -12.7. The molecule has 0 saturated carbocycles. The number of carbonyl (C=O) groups excluding carboxylic acids is 3. The number of carboxylic acids is 1. The number of esters is 1. The average Bonchev–Trinajstić information content (AvgIpc) is 2.93. The van der Waals surface area contributed by atoms with Crippen LogP contribution in [0.3, 0.4) is 0 Å². The van der Waals surface area contributed by atoms with Crippen molar-refractivity contribution in [1.82, 2.24) is 10.6 Å². The van der Waals surface area contributed by atoms with Gasteiger partial charge in [0.1, 0.15) is 43.2 Å². The van der Waals surface area contributed by atoms with Crippen molar-refractivity contribution in [3.05, 3.63) is 0 Å². The van der Waals surface area contributed by atoms with E-state index in [-0.39, 0.29) is 0 Å². The van der Waals surface area contributed by atoms with Gasteiger partial charge in [-0.1, -0.05) is 0 Å². The Balaban J connectivity index is 2.46. The number of nitrogens with one attached hydrogen (secondary N) is 2. The summed E-state index contributed by atoms with van der Waals surface area (Å²) in [6.07, 6.45) is -18.9. The van der Waals surface area contributed by atoms with Crippen molar-refractivity contribution in [1.29, 1.82) is 0 Å². The third kappa shape index (κ3) is 7.67. The van der Waals surface area contributed by atoms with Gasteiger partial charge in [0.05, 0.1) is 43.9 Å². The molecule has 0 radical (unpaired) electrons. The Hall–Kier alpha value is -2.60. The van der Waals surface area contributed by atoms with Crippen LogP contribution in [0.25, 0.3) is 0 Å². The minimum Gasteiger partial charge on any atom is -0.476 e. The molecule has 2 heterocycles. The van der Waals surface area contributed by atoms with Gasteiger partial charge in [0.2, 0.25) is 11.8 Å². The van der Waals surface area contributed by atoms with E-state index in [2.05, 4.69) is 5.32 Å². The molecule has 2 rings (SSSR count). The molecule has 0 spiro atoms. The summed E-state index contributed by atoms with van der Waals surface area (Å²) in [6.45, 7) is -2.31. The van der Waals surface area contributed by atoms with E-state index in [0.29, 0.717) is 0 Å². The molecule has 0 aliphatic carbocycles. The molecule has 20 heteroatoms. The molecule has 2 amide bonds. The van der Waals surface area contributed by atoms with E-state index >= 15 is 0 Å². The highest BCUT2D eigenvalue weighted by Gasteiger charge is 2.61. The molecule has 2 saturated heterocycles. The smallest absolute Gasteiger partial charge is 0.377 e. The SMILES string of the molecule is CC(=O)N[C@H]1[C@H]([C@H](O)[C@H](O)CO)O[C@](OC(=O)[C@]2(O)C[C@H](O)[C@@H](NC(=O)CO)[C@H]([C@H](O)[C@H](O)CO)O2)(C(=O)O)C[C@@H]1O. The number of carbonyl (C=O) groups is 4. The van der Waals surface area contributed by atoms with E-state index in [1.54, 1.807) is 0 Å². The van der Waals surface area contributed by atoms with E-state index in [1.807, 2.05) is 5.32 Å². The number of ether oxygens (including phenoxy) is 3. The fourth-order valence-corrected chi connectivity index (χ4v) is 4.59. The van der Waals surface area contributed by atoms with Gasteiger partial charge >= 0.3 is 17.7 Å². The van der Waals surface area contributed by atoms with Crippen LogP contribution in [0.4, 0.5) is 0 Å². The zero-order valence-corrected chi connectivity index (χ0v) is 22.1. The van der Waals surface area contributed by atoms with Crippen LogP contribution in [0, 0.1) is 0 Å². The predicted octanol–water partition coefficient (Wildman–Crippen LogP) is -8.29. The van der Waals surface area contributed by atoms with Crippen molar-refractivity contribution in [2.45, 2.75) is 92.3 Å². The molecule has 0 aromatic heterocycles. The van der Waals surface area contributed by atoms with Crippen molar-refractivity contribution in [3.63, 3.8) is 0 Å². The van der Waals surface area contributed by atoms with E-state index < -0.39 is 129 Å². The second kappa shape index (κ2) is 14.2. The Morgan fingerprint density at radius 2 is 1.33 bits per heavy atom. The van der Waals surface area contributed by atoms with E-state index in [0.717, 1.165) is 6.92 Å². The normalized spacial score (nSPS) is 36.2. The van der Waals surface area contributed by atoms with Gasteiger partial charge in [-0.25, -0.2) is 9.59 Å². The molecule has 0 aromatic rings. The predicted molar refractivity (Wildman–Crippen MR) is 127 cm³/mol. The lowest BCUT2D eigenvalue weighted by Gasteiger charge is -2.48. The van der Waals surface area contributed by atoms with Crippen LogP contribution >= 0.6 is 0 Å². The Kier molecular flexibility index (Phi) is 12.1. The Morgan fingerprint density at radius 3 is 1.79 bits per heavy atom. The van der Waals surface area contributed by atoms with Crippen LogP contribution < -0.4 is 10.6 Å². The minimum atomic E-state index is -3.36. The van der Waals surface area contributed by atoms with Crippen LogP contribution in [0.2, 0.25) is 0 Å². The zero-order valence-electron chi connectivity index (χ0n) is 22.1. The van der Waals surface area contributed by atoms with Gasteiger partial charge in [-0.15, -0.1) is 0 Å². The van der Waals surface area contributed by atoms with Crippen molar-refractivity contribution in [2.75, 3.05) is 19.8 Å². The molecule has 0 aromatic carbocycles. The first kappa shape index (κ1) is 35.6. The van der Waals surface area contributed by atoms with Gasteiger partial charge in [0, 0.05) is 13.3 Å². The van der Waals surface area contributed by atoms with Gasteiger partial charge in [-0.05, 0) is 0 Å². The molecular weight excluding hydrogens is 580 g/mol. The molecular formula is C22H36N2O18. The lowest BCUT2D eigenvalue weighted by atomic mass is 9.87. The van der Waals surface area contributed by atoms with E-state index in [4.69, 9.17) is 19.3 Å². The highest BCUT2D eigenvalue weighted by atomic mass is 16.8. The average molecular weight is 617 g/mol. The molecule has 20 nitrogen and oxygen atoms in total. The number of amides is 2. The second-order valence-corrected chi connectivity index (χ2v) is 9.90. The van der Waals surface area contributed by atoms with Crippen LogP contribution in [-0.4, -0.2) is 172 Å². The summed E-state index contributed by atoms with van der Waals surface area (Å²) >= 11 is 0. The maximum Gasteiger partial charge on any atom is 0.377 e. The standard InChI is InChI=1S/C22H36N2O18/c1-7(28)23-13-9(30)3-22(19(36)37,41-18(13)16(35)11(32)5-26)42-20(38)21(39)2-8(29)14(24-12(33)6-27)17(40-21)15(34)10(31)4-25/h8-11,13-18,25-27,29-32,34-35,39H,2-6H2,1H3,(H,23,28)(H,24,33)(H,36,37)/t8-,9-,10+,11+,13+,14+,15+,16+,17+,18+,21-,22+/m0/s1. The van der Waals surface area contributed by atoms with Gasteiger partial charge in [0.25, 0.3) is 5.79 Å². The highest BCUT2D eigenvalue weighted by Crippen LogP contribution is 2.37. The molecule has 242 valence electrons.